The van der Waals surface area contributed by atoms with Gasteiger partial charge in [-0.05, 0) is 126 Å². The Morgan fingerprint density at radius 3 is 1.53 bits per heavy atom. The number of aromatic nitrogens is 4. The van der Waals surface area contributed by atoms with Crippen molar-refractivity contribution < 1.29 is 24.5 Å². The zero-order valence-electron chi connectivity index (χ0n) is 46.0. The molecule has 12 rings (SSSR count). The smallest absolute Gasteiger partial charge is 0.318 e. The summed E-state index contributed by atoms with van der Waals surface area (Å²) >= 11 is 0. The van der Waals surface area contributed by atoms with Crippen molar-refractivity contribution in [1.82, 2.24) is 34.6 Å². The Morgan fingerprint density at radius 2 is 1.05 bits per heavy atom. The maximum absolute atomic E-state index is 12.2. The maximum Gasteiger partial charge on any atom is 0.318 e. The Balaban J connectivity index is 0.000000166. The molecule has 1 amide bonds. The number of rotatable bonds is 15. The van der Waals surface area contributed by atoms with Crippen molar-refractivity contribution in [3.8, 4) is 23.5 Å². The third-order valence-electron chi connectivity index (χ3n) is 16.9. The lowest BCUT2D eigenvalue weighted by atomic mass is 10.0. The number of carbonyl (C=O) groups is 1. The highest BCUT2D eigenvalue weighted by molar-refractivity contribution is 5.97. The third kappa shape index (κ3) is 11.8. The summed E-state index contributed by atoms with van der Waals surface area (Å²) in [5.74, 6) is 2.54. The predicted octanol–water partition coefficient (Wildman–Crippen LogP) is 9.13. The fourth-order valence-corrected chi connectivity index (χ4v) is 13.0. The highest BCUT2D eigenvalue weighted by atomic mass is 16.5. The lowest BCUT2D eigenvalue weighted by Crippen LogP contribution is -2.49. The largest absolute Gasteiger partial charge is 0.508 e. The van der Waals surface area contributed by atoms with E-state index in [0.29, 0.717) is 82.3 Å². The van der Waals surface area contributed by atoms with Gasteiger partial charge in [0, 0.05) is 110 Å². The second kappa shape index (κ2) is 24.4. The summed E-state index contributed by atoms with van der Waals surface area (Å²) in [5, 5.41) is 25.3. The number of phenols is 2. The number of fused-ring (bicyclic) bond motifs is 4. The number of carbonyl (C=O) groups excluding carboxylic acids is 1. The van der Waals surface area contributed by atoms with E-state index in [1.807, 2.05) is 53.4 Å². The minimum absolute atomic E-state index is 0.0273. The van der Waals surface area contributed by atoms with Crippen LogP contribution in [-0.4, -0.2) is 155 Å². The van der Waals surface area contributed by atoms with Crippen LogP contribution in [0.15, 0.2) is 85.5 Å². The number of benzene rings is 4. The quantitative estimate of drug-likeness (QED) is 0.0941. The van der Waals surface area contributed by atoms with Gasteiger partial charge in [-0.25, -0.2) is 0 Å². The van der Waals surface area contributed by atoms with Crippen LogP contribution in [0, 0.1) is 0 Å². The van der Waals surface area contributed by atoms with E-state index in [4.69, 9.17) is 29.4 Å². The summed E-state index contributed by atoms with van der Waals surface area (Å²) in [4.78, 5) is 48.4. The normalized spacial score (nSPS) is 19.9. The van der Waals surface area contributed by atoms with Crippen molar-refractivity contribution in [1.29, 1.82) is 0 Å². The Bertz CT molecular complexity index is 3070. The van der Waals surface area contributed by atoms with Gasteiger partial charge in [0.25, 0.3) is 0 Å². The lowest BCUT2D eigenvalue weighted by molar-refractivity contribution is -0.126. The number of ether oxygens (including phenoxy) is 2. The van der Waals surface area contributed by atoms with E-state index in [9.17, 15) is 15.0 Å². The molecule has 0 radical (unpaired) electrons. The average molecular weight is 1060 g/mol. The first kappa shape index (κ1) is 53.1. The molecule has 0 aliphatic carbocycles. The first-order chi connectivity index (χ1) is 38.2. The SMILES string of the molecule is C=CC(=O)N1CCN(c2nc(OC[C@@H]3CCCN3CCC)nc3c2CCN(c2cc(O)cc4ccccc24)C3)CC1.CCCN1CCC[C@H]1COc1nc2c(c(N3CCCCC3)n1)CCN(c1cc(O)cc3ccccc13)C2. The number of hydrogen-bond acceptors (Lipinski definition) is 15. The summed E-state index contributed by atoms with van der Waals surface area (Å²) in [6.45, 7) is 21.6. The topological polar surface area (TPSA) is 150 Å². The predicted molar refractivity (Wildman–Crippen MR) is 311 cm³/mol. The zero-order valence-corrected chi connectivity index (χ0v) is 46.0. The Morgan fingerprint density at radius 1 is 0.577 bits per heavy atom. The molecule has 2 N–H and O–H groups in total. The standard InChI is InChI=1S/C32H40N6O3.C30H39N5O2/c1-3-12-35-13-7-9-24(35)22-41-32-33-28-21-38(29-20-25(39)19-23-8-5-6-10-26(23)29)14-11-27(28)31(34-32)37-17-15-36(16-18-37)30(40)4-2;1-2-13-33-16-8-10-23(33)21-37-30-31-27-20-35(28-19-24(36)18-22-9-4-5-11-25(22)28)17-12-26(27)29(32-30)34-14-6-3-7-15-34/h4-6,8,10,19-20,24,39H,2-3,7,9,11-18,21-22H2,1H3;4-5,9,11,18-19,23,36H,2-3,6-8,10,12-17,20-21H2,1H3/t24-;23-/m00/s1. The first-order valence-corrected chi connectivity index (χ1v) is 29.1. The van der Waals surface area contributed by atoms with Crippen molar-refractivity contribution in [2.24, 2.45) is 0 Å². The van der Waals surface area contributed by atoms with Crippen molar-refractivity contribution in [2.45, 2.75) is 110 Å². The molecular formula is C62H79N11O5. The molecule has 2 atom stereocenters. The number of phenolic OH excluding ortho intramolecular Hbond substituents is 2. The van der Waals surface area contributed by atoms with Crippen LogP contribution in [0.1, 0.15) is 94.1 Å². The Kier molecular flexibility index (Phi) is 16.6. The number of amides is 1. The summed E-state index contributed by atoms with van der Waals surface area (Å²) in [7, 11) is 0. The van der Waals surface area contributed by atoms with Gasteiger partial charge in [-0.15, -0.1) is 0 Å². The molecule has 0 unspecified atom stereocenters. The van der Waals surface area contributed by atoms with Gasteiger partial charge in [-0.2, -0.15) is 19.9 Å². The van der Waals surface area contributed by atoms with Crippen LogP contribution < -0.4 is 29.1 Å². The van der Waals surface area contributed by atoms with E-state index in [-0.39, 0.29) is 11.7 Å². The zero-order chi connectivity index (χ0) is 53.5. The molecular weight excluding hydrogens is 979 g/mol. The van der Waals surface area contributed by atoms with Crippen LogP contribution in [-0.2, 0) is 30.7 Å². The molecule has 6 aliphatic heterocycles. The van der Waals surface area contributed by atoms with E-state index in [2.05, 4.69) is 74.1 Å². The Hall–Kier alpha value is -6.91. The number of likely N-dealkylation sites (tertiary alicyclic amines) is 2. The second-order valence-electron chi connectivity index (χ2n) is 22.1. The molecule has 16 heteroatoms. The van der Waals surface area contributed by atoms with Gasteiger partial charge >= 0.3 is 12.0 Å². The summed E-state index contributed by atoms with van der Waals surface area (Å²) in [5.41, 5.74) is 6.50. The highest BCUT2D eigenvalue weighted by Crippen LogP contribution is 2.39. The molecule has 4 aromatic carbocycles. The van der Waals surface area contributed by atoms with Crippen LogP contribution in [0.25, 0.3) is 21.5 Å². The summed E-state index contributed by atoms with van der Waals surface area (Å²) < 4.78 is 12.7. The number of piperidine rings is 1. The van der Waals surface area contributed by atoms with E-state index in [0.717, 1.165) is 133 Å². The monoisotopic (exact) mass is 1060 g/mol. The van der Waals surface area contributed by atoms with Gasteiger partial charge in [0.05, 0.1) is 24.5 Å². The average Bonchev–Trinajstić information content (AvgIpc) is 4.19. The number of piperazine rings is 1. The molecule has 4 saturated heterocycles. The van der Waals surface area contributed by atoms with E-state index in [1.165, 1.54) is 63.1 Å². The van der Waals surface area contributed by atoms with Crippen LogP contribution in [0.3, 0.4) is 0 Å². The van der Waals surface area contributed by atoms with Crippen LogP contribution in [0.2, 0.25) is 0 Å². The third-order valence-corrected chi connectivity index (χ3v) is 16.9. The lowest BCUT2D eigenvalue weighted by Gasteiger charge is -2.38. The molecule has 0 spiro atoms. The van der Waals surface area contributed by atoms with Gasteiger partial charge in [-0.1, -0.05) is 69.0 Å². The highest BCUT2D eigenvalue weighted by Gasteiger charge is 2.32. The number of nitrogens with zero attached hydrogens (tertiary/aromatic N) is 11. The first-order valence-electron chi connectivity index (χ1n) is 29.1. The fourth-order valence-electron chi connectivity index (χ4n) is 13.0. The number of anilines is 4. The van der Waals surface area contributed by atoms with E-state index in [1.54, 1.807) is 0 Å². The molecule has 0 bridgehead atoms. The van der Waals surface area contributed by atoms with Gasteiger partial charge in [0.1, 0.15) is 36.3 Å². The molecule has 0 saturated carbocycles. The second-order valence-corrected chi connectivity index (χ2v) is 22.1. The van der Waals surface area contributed by atoms with Crippen molar-refractivity contribution in [2.75, 3.05) is 111 Å². The van der Waals surface area contributed by atoms with Gasteiger partial charge in [-0.3, -0.25) is 14.6 Å². The number of aromatic hydroxyl groups is 2. The fraction of sp³-hybridized carbons (Fsp3) is 0.500. The molecule has 78 heavy (non-hydrogen) atoms. The maximum atomic E-state index is 12.2. The minimum Gasteiger partial charge on any atom is -0.508 e. The van der Waals surface area contributed by atoms with Crippen molar-refractivity contribution in [3.05, 3.63) is 108 Å². The van der Waals surface area contributed by atoms with Crippen LogP contribution >= 0.6 is 0 Å². The minimum atomic E-state index is -0.0273. The van der Waals surface area contributed by atoms with Gasteiger partial charge in [0.2, 0.25) is 5.91 Å². The molecule has 6 aromatic rings. The molecule has 8 heterocycles. The Labute approximate surface area is 460 Å². The molecule has 4 fully saturated rings. The van der Waals surface area contributed by atoms with Crippen molar-refractivity contribution in [3.63, 3.8) is 0 Å². The summed E-state index contributed by atoms with van der Waals surface area (Å²) in [6, 6.07) is 25.6. The van der Waals surface area contributed by atoms with Gasteiger partial charge < -0.3 is 44.2 Å². The van der Waals surface area contributed by atoms with E-state index < -0.39 is 0 Å². The van der Waals surface area contributed by atoms with Crippen molar-refractivity contribution >= 4 is 50.5 Å². The number of hydrogen-bond donors (Lipinski definition) is 2. The molecule has 2 aromatic heterocycles. The molecule has 412 valence electrons. The van der Waals surface area contributed by atoms with Crippen LogP contribution in [0.4, 0.5) is 23.0 Å². The summed E-state index contributed by atoms with van der Waals surface area (Å²) in [6.07, 6.45) is 13.8. The van der Waals surface area contributed by atoms with Crippen LogP contribution in [0.5, 0.6) is 23.5 Å². The molecule has 16 nitrogen and oxygen atoms in total. The van der Waals surface area contributed by atoms with E-state index >= 15 is 0 Å². The van der Waals surface area contributed by atoms with Gasteiger partial charge in [0.15, 0.2) is 0 Å². The molecule has 6 aliphatic rings.